The van der Waals surface area contributed by atoms with Gasteiger partial charge in [-0.15, -0.1) is 0 Å². The zero-order chi connectivity index (χ0) is 15.0. The molecule has 0 bridgehead atoms. The Labute approximate surface area is 131 Å². The van der Waals surface area contributed by atoms with Crippen LogP contribution < -0.4 is 5.32 Å². The molecule has 1 unspecified atom stereocenters. The molecular weight excluding hydrogens is 333 g/mol. The van der Waals surface area contributed by atoms with Crippen molar-refractivity contribution in [2.75, 3.05) is 7.05 Å². The maximum atomic E-state index is 13.3. The van der Waals surface area contributed by atoms with E-state index >= 15 is 0 Å². The van der Waals surface area contributed by atoms with Gasteiger partial charge in [0.1, 0.15) is 17.2 Å². The number of nitrogens with one attached hydrogen (secondary N) is 1. The van der Waals surface area contributed by atoms with Gasteiger partial charge in [-0.25, -0.2) is 4.39 Å². The molecule has 21 heavy (non-hydrogen) atoms. The first-order valence-electron chi connectivity index (χ1n) is 6.70. The summed E-state index contributed by atoms with van der Waals surface area (Å²) in [5.41, 5.74) is 2.96. The van der Waals surface area contributed by atoms with Gasteiger partial charge in [-0.05, 0) is 61.5 Å². The zero-order valence-electron chi connectivity index (χ0n) is 11.8. The Balaban J connectivity index is 2.08. The molecule has 1 heterocycles. The third-order valence-electron chi connectivity index (χ3n) is 3.47. The number of hydrogen-bond acceptors (Lipinski definition) is 2. The van der Waals surface area contributed by atoms with Crippen molar-refractivity contribution in [2.45, 2.75) is 13.0 Å². The minimum atomic E-state index is -0.255. The van der Waals surface area contributed by atoms with Gasteiger partial charge in [0.25, 0.3) is 0 Å². The molecule has 0 radical (unpaired) electrons. The van der Waals surface area contributed by atoms with Crippen molar-refractivity contribution in [1.82, 2.24) is 5.32 Å². The van der Waals surface area contributed by atoms with Crippen molar-refractivity contribution in [3.63, 3.8) is 0 Å². The normalized spacial score (nSPS) is 12.8. The molecule has 108 valence electrons. The Kier molecular flexibility index (Phi) is 3.83. The lowest BCUT2D eigenvalue weighted by Gasteiger charge is -2.15. The van der Waals surface area contributed by atoms with Gasteiger partial charge in [0.2, 0.25) is 0 Å². The maximum Gasteiger partial charge on any atom is 0.134 e. The molecule has 3 aromatic rings. The number of rotatable bonds is 3. The van der Waals surface area contributed by atoms with Crippen LogP contribution in [0.1, 0.15) is 22.9 Å². The van der Waals surface area contributed by atoms with Crippen LogP contribution in [0.2, 0.25) is 0 Å². The number of benzene rings is 2. The molecule has 0 aliphatic rings. The average molecular weight is 348 g/mol. The van der Waals surface area contributed by atoms with Gasteiger partial charge < -0.3 is 9.73 Å². The average Bonchev–Trinajstić information content (AvgIpc) is 2.81. The van der Waals surface area contributed by atoms with E-state index in [-0.39, 0.29) is 11.9 Å². The summed E-state index contributed by atoms with van der Waals surface area (Å²) in [5.74, 6) is 0.518. The maximum absolute atomic E-state index is 13.3. The molecule has 2 nitrogen and oxygen atoms in total. The van der Waals surface area contributed by atoms with Gasteiger partial charge >= 0.3 is 0 Å². The van der Waals surface area contributed by atoms with Crippen molar-refractivity contribution < 1.29 is 8.81 Å². The predicted octanol–water partition coefficient (Wildman–Crippen LogP) is 4.95. The molecule has 0 aliphatic carbocycles. The highest BCUT2D eigenvalue weighted by atomic mass is 79.9. The van der Waals surface area contributed by atoms with Gasteiger partial charge in [0.05, 0.1) is 6.04 Å². The Bertz CT molecular complexity index is 776. The van der Waals surface area contributed by atoms with Gasteiger partial charge in [0.15, 0.2) is 0 Å². The molecular formula is C17H15BrFNO. The summed E-state index contributed by atoms with van der Waals surface area (Å²) in [5, 5.41) is 4.03. The number of halogens is 2. The summed E-state index contributed by atoms with van der Waals surface area (Å²) in [6.07, 6.45) is 0. The lowest BCUT2D eigenvalue weighted by Crippen LogP contribution is -2.17. The van der Waals surface area contributed by atoms with Crippen molar-refractivity contribution in [1.29, 1.82) is 0 Å². The summed E-state index contributed by atoms with van der Waals surface area (Å²) in [7, 11) is 1.88. The molecule has 4 heteroatoms. The molecule has 2 aromatic carbocycles. The van der Waals surface area contributed by atoms with E-state index in [1.54, 1.807) is 6.07 Å². The van der Waals surface area contributed by atoms with Gasteiger partial charge in [-0.2, -0.15) is 0 Å². The van der Waals surface area contributed by atoms with Gasteiger partial charge in [0, 0.05) is 9.86 Å². The van der Waals surface area contributed by atoms with Gasteiger partial charge in [-0.1, -0.05) is 22.0 Å². The summed E-state index contributed by atoms with van der Waals surface area (Å²) in [4.78, 5) is 0. The number of fused-ring (bicyclic) bond motifs is 1. The highest BCUT2D eigenvalue weighted by Crippen LogP contribution is 2.30. The van der Waals surface area contributed by atoms with E-state index in [2.05, 4.69) is 46.4 Å². The molecule has 1 aromatic heterocycles. The lowest BCUT2D eigenvalue weighted by atomic mass is 10.0. The summed E-state index contributed by atoms with van der Waals surface area (Å²) < 4.78 is 20.2. The molecule has 0 saturated heterocycles. The molecule has 0 fully saturated rings. The van der Waals surface area contributed by atoms with Crippen LogP contribution >= 0.6 is 15.9 Å². The number of furan rings is 1. The fourth-order valence-electron chi connectivity index (χ4n) is 2.58. The number of hydrogen-bond donors (Lipinski definition) is 1. The fraction of sp³-hybridized carbons (Fsp3) is 0.176. The standard InChI is InChI=1S/C17H15BrFNO/c1-10-5-12(7-13(18)6-10)17(20-2)16-9-11-8-14(19)3-4-15(11)21-16/h3-9,17,20H,1-2H3. The topological polar surface area (TPSA) is 25.2 Å². The third-order valence-corrected chi connectivity index (χ3v) is 3.93. The Morgan fingerprint density at radius 2 is 1.95 bits per heavy atom. The minimum Gasteiger partial charge on any atom is -0.459 e. The molecule has 1 N–H and O–H groups in total. The quantitative estimate of drug-likeness (QED) is 0.724. The molecule has 0 amide bonds. The zero-order valence-corrected chi connectivity index (χ0v) is 13.4. The monoisotopic (exact) mass is 347 g/mol. The Morgan fingerprint density at radius 1 is 1.14 bits per heavy atom. The van der Waals surface area contributed by atoms with E-state index in [1.165, 1.54) is 17.7 Å². The highest BCUT2D eigenvalue weighted by molar-refractivity contribution is 9.10. The van der Waals surface area contributed by atoms with Crippen molar-refractivity contribution in [2.24, 2.45) is 0 Å². The minimum absolute atomic E-state index is 0.0725. The SMILES string of the molecule is CNC(c1cc(C)cc(Br)c1)c1cc2cc(F)ccc2o1. The van der Waals surface area contributed by atoms with Crippen LogP contribution in [0.25, 0.3) is 11.0 Å². The fourth-order valence-corrected chi connectivity index (χ4v) is 3.21. The lowest BCUT2D eigenvalue weighted by molar-refractivity contribution is 0.491. The van der Waals surface area contributed by atoms with Crippen LogP contribution in [0.4, 0.5) is 4.39 Å². The van der Waals surface area contributed by atoms with E-state index in [4.69, 9.17) is 4.42 Å². The first-order valence-corrected chi connectivity index (χ1v) is 7.49. The van der Waals surface area contributed by atoms with Crippen LogP contribution in [0.3, 0.4) is 0 Å². The van der Waals surface area contributed by atoms with E-state index in [0.29, 0.717) is 5.58 Å². The second-order valence-electron chi connectivity index (χ2n) is 5.11. The number of aryl methyl sites for hydroxylation is 1. The van der Waals surface area contributed by atoms with Gasteiger partial charge in [-0.3, -0.25) is 0 Å². The highest BCUT2D eigenvalue weighted by Gasteiger charge is 2.17. The Morgan fingerprint density at radius 3 is 2.67 bits per heavy atom. The van der Waals surface area contributed by atoms with Crippen molar-refractivity contribution in [3.8, 4) is 0 Å². The van der Waals surface area contributed by atoms with E-state index < -0.39 is 0 Å². The van der Waals surface area contributed by atoms with Crippen LogP contribution in [-0.2, 0) is 0 Å². The Hall–Kier alpha value is -1.65. The summed E-state index contributed by atoms with van der Waals surface area (Å²) in [6, 6.07) is 12.6. The molecule has 0 saturated carbocycles. The van der Waals surface area contributed by atoms with E-state index in [0.717, 1.165) is 21.2 Å². The van der Waals surface area contributed by atoms with Crippen LogP contribution in [0.15, 0.2) is 51.4 Å². The first-order chi connectivity index (χ1) is 10.1. The summed E-state index contributed by atoms with van der Waals surface area (Å²) >= 11 is 3.52. The smallest absolute Gasteiger partial charge is 0.134 e. The third kappa shape index (κ3) is 2.87. The predicted molar refractivity (Wildman–Crippen MR) is 86.0 cm³/mol. The molecule has 0 aliphatic heterocycles. The second kappa shape index (κ2) is 5.62. The van der Waals surface area contributed by atoms with Crippen LogP contribution in [-0.4, -0.2) is 7.05 Å². The van der Waals surface area contributed by atoms with Crippen LogP contribution in [0, 0.1) is 12.7 Å². The van der Waals surface area contributed by atoms with E-state index in [1.807, 2.05) is 13.1 Å². The largest absolute Gasteiger partial charge is 0.459 e. The molecule has 0 spiro atoms. The van der Waals surface area contributed by atoms with Crippen LogP contribution in [0.5, 0.6) is 0 Å². The first kappa shape index (κ1) is 14.3. The second-order valence-corrected chi connectivity index (χ2v) is 6.03. The van der Waals surface area contributed by atoms with Crippen molar-refractivity contribution >= 4 is 26.9 Å². The molecule has 1 atom stereocenters. The van der Waals surface area contributed by atoms with E-state index in [9.17, 15) is 4.39 Å². The summed E-state index contributed by atoms with van der Waals surface area (Å²) in [6.45, 7) is 2.05. The molecule has 3 rings (SSSR count). The van der Waals surface area contributed by atoms with Crippen molar-refractivity contribution in [3.05, 3.63) is 69.6 Å².